The fraction of sp³-hybridized carbons (Fsp3) is 0.714. The largest absolute Gasteiger partial charge is 0.354 e. The molecule has 5 heteroatoms. The zero-order chi connectivity index (χ0) is 9.56. The molecule has 70 valence electrons. The molecule has 0 fully saturated rings. The smallest absolute Gasteiger partial charge is 0.233 e. The van der Waals surface area contributed by atoms with Crippen LogP contribution in [0.2, 0.25) is 0 Å². The van der Waals surface area contributed by atoms with Crippen molar-refractivity contribution in [1.29, 1.82) is 0 Å². The summed E-state index contributed by atoms with van der Waals surface area (Å²) < 4.78 is 0. The molecular formula is C7H15N3O2. The monoisotopic (exact) mass is 173 g/mol. The van der Waals surface area contributed by atoms with E-state index in [2.05, 4.69) is 5.32 Å². The third kappa shape index (κ3) is 4.68. The van der Waals surface area contributed by atoms with Crippen LogP contribution in [0.5, 0.6) is 0 Å². The van der Waals surface area contributed by atoms with Crippen LogP contribution in [0, 0.1) is 0 Å². The van der Waals surface area contributed by atoms with Crippen LogP contribution < -0.4 is 11.1 Å². The lowest BCUT2D eigenvalue weighted by atomic mass is 10.4. The van der Waals surface area contributed by atoms with Crippen LogP contribution in [0.4, 0.5) is 0 Å². The number of carbonyl (C=O) groups is 2. The molecule has 0 aliphatic carbocycles. The highest BCUT2D eigenvalue weighted by molar-refractivity contribution is 5.79. The summed E-state index contributed by atoms with van der Waals surface area (Å²) in [6.45, 7) is 0.323. The van der Waals surface area contributed by atoms with E-state index >= 15 is 0 Å². The van der Waals surface area contributed by atoms with E-state index in [0.29, 0.717) is 13.0 Å². The molecule has 0 atom stereocenters. The van der Waals surface area contributed by atoms with Gasteiger partial charge in [-0.05, 0) is 0 Å². The number of rotatable bonds is 4. The minimum atomic E-state index is -0.235. The molecule has 5 nitrogen and oxygen atoms in total. The summed E-state index contributed by atoms with van der Waals surface area (Å²) in [4.78, 5) is 23.0. The fourth-order valence-electron chi connectivity index (χ4n) is 0.605. The molecule has 12 heavy (non-hydrogen) atoms. The highest BCUT2D eigenvalue weighted by Crippen LogP contribution is 1.84. The van der Waals surface area contributed by atoms with Crippen molar-refractivity contribution in [2.75, 3.05) is 27.2 Å². The Labute approximate surface area is 71.9 Å². The Morgan fingerprint density at radius 2 is 2.00 bits per heavy atom. The lowest BCUT2D eigenvalue weighted by Crippen LogP contribution is -2.33. The van der Waals surface area contributed by atoms with Crippen LogP contribution in [0.1, 0.15) is 6.42 Å². The first-order valence-electron chi connectivity index (χ1n) is 3.75. The number of hydrogen-bond donors (Lipinski definition) is 2. The number of nitrogens with zero attached hydrogens (tertiary/aromatic N) is 1. The van der Waals surface area contributed by atoms with Gasteiger partial charge in [-0.1, -0.05) is 0 Å². The molecule has 0 rings (SSSR count). The van der Waals surface area contributed by atoms with Gasteiger partial charge in [-0.25, -0.2) is 0 Å². The van der Waals surface area contributed by atoms with E-state index in [1.165, 1.54) is 4.90 Å². The molecule has 2 amide bonds. The van der Waals surface area contributed by atoms with Crippen LogP contribution in [-0.2, 0) is 9.59 Å². The second kappa shape index (κ2) is 5.54. The number of carbonyl (C=O) groups excluding carboxylic acids is 2. The molecule has 3 N–H and O–H groups in total. The maximum atomic E-state index is 11.0. The summed E-state index contributed by atoms with van der Waals surface area (Å²) >= 11 is 0. The van der Waals surface area contributed by atoms with Crippen molar-refractivity contribution >= 4 is 11.8 Å². The van der Waals surface area contributed by atoms with Gasteiger partial charge >= 0.3 is 0 Å². The van der Waals surface area contributed by atoms with Crippen LogP contribution in [0.3, 0.4) is 0 Å². The first-order chi connectivity index (χ1) is 5.57. The molecule has 0 unspecified atom stereocenters. The molecule has 0 spiro atoms. The van der Waals surface area contributed by atoms with Crippen molar-refractivity contribution in [3.8, 4) is 0 Å². The van der Waals surface area contributed by atoms with E-state index in [9.17, 15) is 9.59 Å². The quantitative estimate of drug-likeness (QED) is 0.545. The van der Waals surface area contributed by atoms with Crippen molar-refractivity contribution < 1.29 is 9.59 Å². The van der Waals surface area contributed by atoms with Gasteiger partial charge in [0.25, 0.3) is 0 Å². The average Bonchev–Trinajstić information content (AvgIpc) is 2.03. The maximum absolute atomic E-state index is 11.0. The molecular weight excluding hydrogens is 158 g/mol. The summed E-state index contributed by atoms with van der Waals surface area (Å²) in [5, 5.41) is 2.51. The van der Waals surface area contributed by atoms with Gasteiger partial charge in [0.15, 0.2) is 0 Å². The van der Waals surface area contributed by atoms with Gasteiger partial charge in [-0.3, -0.25) is 9.59 Å². The van der Waals surface area contributed by atoms with E-state index in [0.717, 1.165) is 0 Å². The predicted molar refractivity (Wildman–Crippen MR) is 45.4 cm³/mol. The summed E-state index contributed by atoms with van der Waals surface area (Å²) in [5.41, 5.74) is 5.04. The van der Waals surface area contributed by atoms with Crippen molar-refractivity contribution in [2.45, 2.75) is 6.42 Å². The highest BCUT2D eigenvalue weighted by atomic mass is 16.2. The molecule has 0 radical (unpaired) electrons. The summed E-state index contributed by atoms with van der Waals surface area (Å²) in [6.07, 6.45) is 0.318. The Bertz CT molecular complexity index is 168. The van der Waals surface area contributed by atoms with Gasteiger partial charge in [0, 0.05) is 27.1 Å². The van der Waals surface area contributed by atoms with Crippen molar-refractivity contribution in [2.24, 2.45) is 5.73 Å². The zero-order valence-electron chi connectivity index (χ0n) is 7.46. The average molecular weight is 173 g/mol. The normalized spacial score (nSPS) is 9.25. The van der Waals surface area contributed by atoms with Crippen LogP contribution >= 0.6 is 0 Å². The second-order valence-corrected chi connectivity index (χ2v) is 2.59. The number of nitrogens with two attached hydrogens (primary N) is 1. The first-order valence-corrected chi connectivity index (χ1v) is 3.75. The minimum absolute atomic E-state index is 0.00711. The molecule has 0 saturated heterocycles. The molecule has 0 aliphatic rings. The number of hydrogen-bond acceptors (Lipinski definition) is 3. The van der Waals surface area contributed by atoms with E-state index in [4.69, 9.17) is 5.73 Å². The molecule has 0 bridgehead atoms. The van der Waals surface area contributed by atoms with E-state index in [-0.39, 0.29) is 18.4 Å². The van der Waals surface area contributed by atoms with Gasteiger partial charge in [0.05, 0.1) is 6.54 Å². The van der Waals surface area contributed by atoms with Gasteiger partial charge in [0.1, 0.15) is 0 Å². The molecule has 0 aromatic carbocycles. The van der Waals surface area contributed by atoms with Gasteiger partial charge in [-0.2, -0.15) is 0 Å². The van der Waals surface area contributed by atoms with Crippen LogP contribution in [-0.4, -0.2) is 43.9 Å². The highest BCUT2D eigenvalue weighted by Gasteiger charge is 2.03. The van der Waals surface area contributed by atoms with Gasteiger partial charge in [-0.15, -0.1) is 0 Å². The molecule has 0 heterocycles. The SMILES string of the molecule is CN(C)C(=O)CCNC(=O)CN. The fourth-order valence-corrected chi connectivity index (χ4v) is 0.605. The van der Waals surface area contributed by atoms with E-state index < -0.39 is 0 Å². The third-order valence-electron chi connectivity index (χ3n) is 1.35. The summed E-state index contributed by atoms with van der Waals surface area (Å²) in [7, 11) is 3.35. The molecule has 0 aliphatic heterocycles. The van der Waals surface area contributed by atoms with Gasteiger partial charge < -0.3 is 16.0 Å². The Morgan fingerprint density at radius 3 is 2.42 bits per heavy atom. The summed E-state index contributed by atoms with van der Waals surface area (Å²) in [6, 6.07) is 0. The van der Waals surface area contributed by atoms with Crippen molar-refractivity contribution in [3.05, 3.63) is 0 Å². The summed E-state index contributed by atoms with van der Waals surface area (Å²) in [5.74, 6) is -0.242. The lowest BCUT2D eigenvalue weighted by Gasteiger charge is -2.09. The Morgan fingerprint density at radius 1 is 1.42 bits per heavy atom. The predicted octanol–water partition coefficient (Wildman–Crippen LogP) is -1.46. The van der Waals surface area contributed by atoms with E-state index in [1.807, 2.05) is 0 Å². The topological polar surface area (TPSA) is 75.4 Å². The molecule has 0 saturated carbocycles. The molecule has 0 aromatic heterocycles. The van der Waals surface area contributed by atoms with Gasteiger partial charge in [0.2, 0.25) is 11.8 Å². The lowest BCUT2D eigenvalue weighted by molar-refractivity contribution is -0.128. The van der Waals surface area contributed by atoms with Crippen molar-refractivity contribution in [3.63, 3.8) is 0 Å². The standard InChI is InChI=1S/C7H15N3O2/c1-10(2)7(12)3-4-9-6(11)5-8/h3-5,8H2,1-2H3,(H,9,11). The number of amides is 2. The van der Waals surface area contributed by atoms with E-state index in [1.54, 1.807) is 14.1 Å². The minimum Gasteiger partial charge on any atom is -0.354 e. The zero-order valence-corrected chi connectivity index (χ0v) is 7.46. The Balaban J connectivity index is 3.44. The Kier molecular flexibility index (Phi) is 5.03. The van der Waals surface area contributed by atoms with Crippen LogP contribution in [0.15, 0.2) is 0 Å². The number of nitrogens with one attached hydrogen (secondary N) is 1. The third-order valence-corrected chi connectivity index (χ3v) is 1.35. The first kappa shape index (κ1) is 10.9. The van der Waals surface area contributed by atoms with Crippen LogP contribution in [0.25, 0.3) is 0 Å². The maximum Gasteiger partial charge on any atom is 0.233 e. The second-order valence-electron chi connectivity index (χ2n) is 2.59. The van der Waals surface area contributed by atoms with Crippen molar-refractivity contribution in [1.82, 2.24) is 10.2 Å². The Hall–Kier alpha value is -1.10. The molecule has 0 aromatic rings.